The van der Waals surface area contributed by atoms with Gasteiger partial charge >= 0.3 is 23.5 Å². The van der Waals surface area contributed by atoms with Gasteiger partial charge in [-0.05, 0) is 33.5 Å². The number of fused-ring (bicyclic) bond motifs is 1. The molecule has 2 aromatic rings. The zero-order chi connectivity index (χ0) is 32.6. The van der Waals surface area contributed by atoms with Gasteiger partial charge in [0.05, 0.1) is 12.9 Å². The van der Waals surface area contributed by atoms with Crippen LogP contribution in [0.25, 0.3) is 11.2 Å². The molecule has 2 unspecified atom stereocenters. The first-order valence-electron chi connectivity index (χ1n) is 13.0. The fourth-order valence-corrected chi connectivity index (χ4v) is 6.79. The van der Waals surface area contributed by atoms with E-state index in [9.17, 15) is 33.7 Å². The maximum absolute atomic E-state index is 11.9. The zero-order valence-corrected chi connectivity index (χ0v) is 26.9. The Morgan fingerprint density at radius 2 is 1.63 bits per heavy atom. The molecule has 0 spiro atoms. The second kappa shape index (κ2) is 16.1. The molecule has 1 aliphatic heterocycles. The van der Waals surface area contributed by atoms with E-state index in [-0.39, 0.29) is 5.65 Å². The van der Waals surface area contributed by atoms with E-state index in [0.717, 1.165) is 5.57 Å². The first-order valence-corrected chi connectivity index (χ1v) is 17.5. The monoisotopic (exact) mass is 676 g/mol. The Kier molecular flexibility index (Phi) is 14.0. The van der Waals surface area contributed by atoms with Crippen LogP contribution < -0.4 is 5.32 Å². The third kappa shape index (κ3) is 11.7. The SMILES string of the molecule is CC(C)=CCNc1ncnc2c1ncn2[C@@H]1O[C@H](COP(=O)(O)OP(=O)(O)OP(=O)(O)O)[C@@H](O)[C@H]1O.CCN(CC)CC. The summed E-state index contributed by atoms with van der Waals surface area (Å²) in [7, 11) is -16.7. The summed E-state index contributed by atoms with van der Waals surface area (Å²) < 4.78 is 52.6. The molecule has 43 heavy (non-hydrogen) atoms. The van der Waals surface area contributed by atoms with Crippen LogP contribution in [0.15, 0.2) is 24.3 Å². The summed E-state index contributed by atoms with van der Waals surface area (Å²) in [5.74, 6) is 0.397. The Labute approximate surface area is 248 Å². The molecule has 7 N–H and O–H groups in total. The molecule has 0 saturated carbocycles. The van der Waals surface area contributed by atoms with Crippen molar-refractivity contribution >= 4 is 40.4 Å². The average molecular weight is 676 g/mol. The van der Waals surface area contributed by atoms with E-state index in [1.54, 1.807) is 0 Å². The number of phosphoric acid groups is 3. The van der Waals surface area contributed by atoms with Crippen LogP contribution in [-0.4, -0.2) is 105 Å². The number of aliphatic hydroxyl groups excluding tert-OH is 2. The molecule has 22 heteroatoms. The lowest BCUT2D eigenvalue weighted by Gasteiger charge is -2.19. The van der Waals surface area contributed by atoms with Crippen molar-refractivity contribution in [2.75, 3.05) is 38.1 Å². The summed E-state index contributed by atoms with van der Waals surface area (Å²) >= 11 is 0. The van der Waals surface area contributed by atoms with Gasteiger partial charge in [0.2, 0.25) is 0 Å². The van der Waals surface area contributed by atoms with Gasteiger partial charge in [0, 0.05) is 6.54 Å². The molecular formula is C21H39N6O13P3. The maximum atomic E-state index is 11.9. The van der Waals surface area contributed by atoms with E-state index >= 15 is 0 Å². The van der Waals surface area contributed by atoms with Crippen LogP contribution in [0.4, 0.5) is 5.82 Å². The third-order valence-electron chi connectivity index (χ3n) is 5.91. The van der Waals surface area contributed by atoms with Crippen molar-refractivity contribution in [1.29, 1.82) is 0 Å². The minimum atomic E-state index is -5.71. The molecule has 0 aliphatic carbocycles. The van der Waals surface area contributed by atoms with Crippen molar-refractivity contribution < 1.29 is 61.4 Å². The number of anilines is 1. The Bertz CT molecular complexity index is 1360. The van der Waals surface area contributed by atoms with Crippen molar-refractivity contribution in [2.24, 2.45) is 0 Å². The number of imidazole rings is 1. The van der Waals surface area contributed by atoms with Crippen LogP contribution in [0, 0.1) is 0 Å². The molecule has 1 fully saturated rings. The predicted molar refractivity (Wildman–Crippen MR) is 152 cm³/mol. The third-order valence-corrected chi connectivity index (χ3v) is 9.71. The number of hydrogen-bond acceptors (Lipinski definition) is 14. The number of hydrogen-bond donors (Lipinski definition) is 7. The summed E-state index contributed by atoms with van der Waals surface area (Å²) in [4.78, 5) is 50.7. The molecule has 1 aliphatic rings. The molecule has 3 rings (SSSR count). The highest BCUT2D eigenvalue weighted by Crippen LogP contribution is 2.66. The molecule has 2 aromatic heterocycles. The van der Waals surface area contributed by atoms with Crippen LogP contribution in [0.3, 0.4) is 0 Å². The Hall–Kier alpha value is -1.66. The van der Waals surface area contributed by atoms with Gasteiger partial charge in [0.15, 0.2) is 23.2 Å². The van der Waals surface area contributed by atoms with Crippen molar-refractivity contribution in [3.05, 3.63) is 24.3 Å². The fraction of sp³-hybridized carbons (Fsp3) is 0.667. The fourth-order valence-electron chi connectivity index (χ4n) is 3.76. The largest absolute Gasteiger partial charge is 0.490 e. The number of nitrogens with zero attached hydrogens (tertiary/aromatic N) is 5. The van der Waals surface area contributed by atoms with E-state index in [0.29, 0.717) is 17.9 Å². The van der Waals surface area contributed by atoms with Crippen molar-refractivity contribution in [1.82, 2.24) is 24.4 Å². The topological polar surface area (TPSA) is 268 Å². The highest BCUT2D eigenvalue weighted by atomic mass is 31.3. The number of ether oxygens (including phenoxy) is 1. The van der Waals surface area contributed by atoms with Gasteiger partial charge in [0.25, 0.3) is 0 Å². The van der Waals surface area contributed by atoms with E-state index in [4.69, 9.17) is 14.5 Å². The van der Waals surface area contributed by atoms with Gasteiger partial charge in [-0.1, -0.05) is 32.4 Å². The lowest BCUT2D eigenvalue weighted by molar-refractivity contribution is -0.0503. The molecule has 6 atom stereocenters. The molecule has 0 aromatic carbocycles. The van der Waals surface area contributed by atoms with Crippen LogP contribution in [-0.2, 0) is 31.6 Å². The van der Waals surface area contributed by atoms with Gasteiger partial charge in [0.1, 0.15) is 24.6 Å². The molecule has 3 heterocycles. The highest BCUT2D eigenvalue weighted by molar-refractivity contribution is 7.66. The van der Waals surface area contributed by atoms with E-state index in [2.05, 4.69) is 59.1 Å². The second-order valence-electron chi connectivity index (χ2n) is 9.26. The van der Waals surface area contributed by atoms with Gasteiger partial charge in [-0.2, -0.15) is 8.62 Å². The first kappa shape index (κ1) is 37.5. The minimum absolute atomic E-state index is 0.231. The van der Waals surface area contributed by atoms with Gasteiger partial charge < -0.3 is 44.7 Å². The molecule has 246 valence electrons. The second-order valence-corrected chi connectivity index (χ2v) is 13.7. The van der Waals surface area contributed by atoms with Crippen molar-refractivity contribution in [3.63, 3.8) is 0 Å². The predicted octanol–water partition coefficient (Wildman–Crippen LogP) is 1.51. The van der Waals surface area contributed by atoms with Crippen LogP contribution in [0.1, 0.15) is 40.8 Å². The van der Waals surface area contributed by atoms with Crippen LogP contribution in [0.2, 0.25) is 0 Å². The minimum Gasteiger partial charge on any atom is -0.387 e. The molecule has 1 saturated heterocycles. The smallest absolute Gasteiger partial charge is 0.387 e. The summed E-state index contributed by atoms with van der Waals surface area (Å²) in [6, 6.07) is 0. The Morgan fingerprint density at radius 3 is 2.16 bits per heavy atom. The number of rotatable bonds is 14. The van der Waals surface area contributed by atoms with Crippen molar-refractivity contribution in [3.8, 4) is 0 Å². The molecule has 19 nitrogen and oxygen atoms in total. The number of aromatic nitrogens is 4. The van der Waals surface area contributed by atoms with E-state index in [1.165, 1.54) is 36.9 Å². The number of aliphatic hydroxyl groups is 2. The van der Waals surface area contributed by atoms with E-state index < -0.39 is 54.6 Å². The van der Waals surface area contributed by atoms with Crippen LogP contribution >= 0.6 is 23.5 Å². The van der Waals surface area contributed by atoms with Gasteiger partial charge in [-0.15, -0.1) is 0 Å². The Balaban J connectivity index is 0.000000821. The average Bonchev–Trinajstić information content (AvgIpc) is 3.43. The lowest BCUT2D eigenvalue weighted by atomic mass is 10.1. The summed E-state index contributed by atoms with van der Waals surface area (Å²) in [5.41, 5.74) is 1.65. The standard InChI is InChI=1S/C15H24N5O13P3.C6H15N/c1-8(2)3-4-16-13-10-14(18-6-17-13)20(7-19-10)15-12(22)11(21)9(31-15)5-30-35(26,27)33-36(28,29)32-34(23,24)25;1-4-7(5-2)6-3/h3,6-7,9,11-12,15,21-22H,4-5H2,1-2H3,(H,26,27)(H,28,29)(H,16,17,18)(H2,23,24,25);4-6H2,1-3H3/t9-,11-,12-,15-;/m1./s1. The highest BCUT2D eigenvalue weighted by Gasteiger charge is 2.47. The summed E-state index contributed by atoms with van der Waals surface area (Å²) in [5, 5.41) is 23.9. The number of phosphoric ester groups is 1. The number of nitrogens with one attached hydrogen (secondary N) is 1. The quantitative estimate of drug-likeness (QED) is 0.110. The molecular weight excluding hydrogens is 637 g/mol. The zero-order valence-electron chi connectivity index (χ0n) is 24.2. The first-order chi connectivity index (χ1) is 19.9. The van der Waals surface area contributed by atoms with Gasteiger partial charge in [-0.25, -0.2) is 28.6 Å². The van der Waals surface area contributed by atoms with Crippen molar-refractivity contribution in [2.45, 2.75) is 59.2 Å². The molecule has 0 amide bonds. The Morgan fingerprint density at radius 1 is 1.00 bits per heavy atom. The normalized spacial score (nSPS) is 23.3. The molecule has 0 bridgehead atoms. The maximum Gasteiger partial charge on any atom is 0.490 e. The van der Waals surface area contributed by atoms with E-state index in [1.807, 2.05) is 19.9 Å². The summed E-state index contributed by atoms with van der Waals surface area (Å²) in [6.45, 7) is 13.5. The lowest BCUT2D eigenvalue weighted by Crippen LogP contribution is -2.33. The summed E-state index contributed by atoms with van der Waals surface area (Å²) in [6.07, 6.45) is -1.55. The number of allylic oxidation sites excluding steroid dienone is 1. The molecule has 0 radical (unpaired) electrons. The van der Waals surface area contributed by atoms with Gasteiger partial charge in [-0.3, -0.25) is 9.09 Å². The van der Waals surface area contributed by atoms with Crippen LogP contribution in [0.5, 0.6) is 0 Å².